The molecule has 1 aromatic rings. The van der Waals surface area contributed by atoms with Gasteiger partial charge in [-0.05, 0) is 6.07 Å². The molecule has 88 valence electrons. The van der Waals surface area contributed by atoms with E-state index in [1.807, 2.05) is 24.3 Å². The molecule has 0 heterocycles. The average molecular weight is 224 g/mol. The zero-order valence-corrected chi connectivity index (χ0v) is 9.73. The predicted molar refractivity (Wildman–Crippen MR) is 59.5 cm³/mol. The lowest BCUT2D eigenvalue weighted by Gasteiger charge is -2.13. The lowest BCUT2D eigenvalue weighted by molar-refractivity contribution is -0.155. The maximum Gasteiger partial charge on any atom is 0.217 e. The highest BCUT2D eigenvalue weighted by molar-refractivity contribution is 5.84. The lowest BCUT2D eigenvalue weighted by atomic mass is 10.1. The third-order valence-corrected chi connectivity index (χ3v) is 2.25. The lowest BCUT2D eigenvalue weighted by Crippen LogP contribution is -2.26. The van der Waals surface area contributed by atoms with Crippen LogP contribution in [-0.4, -0.2) is 33.4 Å². The molecule has 0 N–H and O–H groups in total. The van der Waals surface area contributed by atoms with Gasteiger partial charge >= 0.3 is 0 Å². The summed E-state index contributed by atoms with van der Waals surface area (Å²) in [6.07, 6.45) is -0.582. The summed E-state index contributed by atoms with van der Waals surface area (Å²) < 4.78 is 14.9. The van der Waals surface area contributed by atoms with Crippen molar-refractivity contribution in [3.8, 4) is 5.75 Å². The van der Waals surface area contributed by atoms with Crippen molar-refractivity contribution < 1.29 is 19.0 Å². The molecule has 0 saturated heterocycles. The zero-order chi connectivity index (χ0) is 12.0. The number of Topliss-reactive ketones (excluding diaryl/α,β-unsaturated/α-hetero) is 1. The molecular weight excluding hydrogens is 208 g/mol. The van der Waals surface area contributed by atoms with Crippen molar-refractivity contribution in [1.29, 1.82) is 0 Å². The van der Waals surface area contributed by atoms with Gasteiger partial charge in [-0.2, -0.15) is 0 Å². The summed E-state index contributed by atoms with van der Waals surface area (Å²) in [5.74, 6) is 0.566. The largest absolute Gasteiger partial charge is 0.496 e. The van der Waals surface area contributed by atoms with Crippen LogP contribution in [0.4, 0.5) is 0 Å². The molecule has 0 radical (unpaired) electrons. The summed E-state index contributed by atoms with van der Waals surface area (Å²) in [4.78, 5) is 11.7. The number of carbonyl (C=O) groups excluding carboxylic acids is 1. The second kappa shape index (κ2) is 6.25. The molecule has 1 aromatic carbocycles. The third-order valence-electron chi connectivity index (χ3n) is 2.25. The SMILES string of the molecule is COc1ccccc1CC(=O)C(OC)OC. The summed E-state index contributed by atoms with van der Waals surface area (Å²) in [5.41, 5.74) is 0.828. The van der Waals surface area contributed by atoms with Crippen molar-refractivity contribution in [1.82, 2.24) is 0 Å². The highest BCUT2D eigenvalue weighted by atomic mass is 16.7. The van der Waals surface area contributed by atoms with E-state index in [-0.39, 0.29) is 12.2 Å². The standard InChI is InChI=1S/C12H16O4/c1-14-11-7-5-4-6-9(11)8-10(13)12(15-2)16-3/h4-7,12H,8H2,1-3H3. The van der Waals surface area contributed by atoms with Crippen molar-refractivity contribution in [3.05, 3.63) is 29.8 Å². The van der Waals surface area contributed by atoms with Crippen molar-refractivity contribution in [2.75, 3.05) is 21.3 Å². The summed E-state index contributed by atoms with van der Waals surface area (Å²) in [6, 6.07) is 7.38. The Morgan fingerprint density at radius 1 is 1.19 bits per heavy atom. The molecule has 1 rings (SSSR count). The Labute approximate surface area is 95.1 Å². The first-order valence-corrected chi connectivity index (χ1v) is 4.93. The molecule has 4 nitrogen and oxygen atoms in total. The van der Waals surface area contributed by atoms with Crippen molar-refractivity contribution in [2.24, 2.45) is 0 Å². The summed E-state index contributed by atoms with van der Waals surface area (Å²) >= 11 is 0. The fourth-order valence-corrected chi connectivity index (χ4v) is 1.48. The predicted octanol–water partition coefficient (Wildman–Crippen LogP) is 1.43. The molecule has 4 heteroatoms. The van der Waals surface area contributed by atoms with Crippen LogP contribution < -0.4 is 4.74 Å². The Bertz CT molecular complexity index is 345. The highest BCUT2D eigenvalue weighted by Crippen LogP contribution is 2.18. The van der Waals surface area contributed by atoms with Gasteiger partial charge in [0, 0.05) is 26.2 Å². The molecule has 0 unspecified atom stereocenters. The fourth-order valence-electron chi connectivity index (χ4n) is 1.48. The topological polar surface area (TPSA) is 44.8 Å². The summed E-state index contributed by atoms with van der Waals surface area (Å²) in [7, 11) is 4.45. The van der Waals surface area contributed by atoms with Gasteiger partial charge in [0.1, 0.15) is 5.75 Å². The molecule has 0 spiro atoms. The van der Waals surface area contributed by atoms with E-state index in [0.717, 1.165) is 5.56 Å². The Kier molecular flexibility index (Phi) is 4.95. The Morgan fingerprint density at radius 2 is 1.81 bits per heavy atom. The molecule has 0 aliphatic carbocycles. The molecule has 0 aromatic heterocycles. The molecule has 0 aliphatic rings. The first kappa shape index (κ1) is 12.7. The number of ether oxygens (including phenoxy) is 3. The van der Waals surface area contributed by atoms with Crippen LogP contribution in [0, 0.1) is 0 Å². The normalized spacial score (nSPS) is 10.5. The van der Waals surface area contributed by atoms with E-state index in [0.29, 0.717) is 5.75 Å². The fraction of sp³-hybridized carbons (Fsp3) is 0.417. The van der Waals surface area contributed by atoms with Gasteiger partial charge in [0.2, 0.25) is 6.29 Å². The minimum atomic E-state index is -0.815. The van der Waals surface area contributed by atoms with Crippen LogP contribution >= 0.6 is 0 Å². The van der Waals surface area contributed by atoms with Crippen molar-refractivity contribution in [3.63, 3.8) is 0 Å². The number of rotatable bonds is 6. The van der Waals surface area contributed by atoms with Crippen LogP contribution in [0.1, 0.15) is 5.56 Å². The van der Waals surface area contributed by atoms with Crippen molar-refractivity contribution >= 4 is 5.78 Å². The summed E-state index contributed by atoms with van der Waals surface area (Å²) in [6.45, 7) is 0. The number of carbonyl (C=O) groups is 1. The number of ketones is 1. The van der Waals surface area contributed by atoms with Crippen LogP contribution in [0.5, 0.6) is 5.75 Å². The van der Waals surface area contributed by atoms with Gasteiger partial charge in [-0.25, -0.2) is 0 Å². The molecule has 0 aliphatic heterocycles. The number of methoxy groups -OCH3 is 3. The van der Waals surface area contributed by atoms with Crippen LogP contribution in [-0.2, 0) is 20.7 Å². The second-order valence-electron chi connectivity index (χ2n) is 3.26. The number of benzene rings is 1. The number of para-hydroxylation sites is 1. The monoisotopic (exact) mass is 224 g/mol. The van der Waals surface area contributed by atoms with E-state index >= 15 is 0 Å². The quantitative estimate of drug-likeness (QED) is 0.686. The van der Waals surface area contributed by atoms with E-state index in [1.54, 1.807) is 7.11 Å². The minimum Gasteiger partial charge on any atom is -0.496 e. The second-order valence-corrected chi connectivity index (χ2v) is 3.26. The maximum atomic E-state index is 11.7. The Morgan fingerprint density at radius 3 is 2.38 bits per heavy atom. The molecule has 0 bridgehead atoms. The molecule has 16 heavy (non-hydrogen) atoms. The van der Waals surface area contributed by atoms with E-state index in [4.69, 9.17) is 14.2 Å². The minimum absolute atomic E-state index is 0.130. The van der Waals surface area contributed by atoms with Crippen LogP contribution in [0.3, 0.4) is 0 Å². The number of hydrogen-bond donors (Lipinski definition) is 0. The Hall–Kier alpha value is -1.39. The highest BCUT2D eigenvalue weighted by Gasteiger charge is 2.18. The van der Waals surface area contributed by atoms with Gasteiger partial charge in [-0.15, -0.1) is 0 Å². The van der Waals surface area contributed by atoms with E-state index in [2.05, 4.69) is 0 Å². The molecule has 0 saturated carbocycles. The summed E-state index contributed by atoms with van der Waals surface area (Å²) in [5, 5.41) is 0. The van der Waals surface area contributed by atoms with Gasteiger partial charge in [-0.1, -0.05) is 18.2 Å². The van der Waals surface area contributed by atoms with Gasteiger partial charge in [0.15, 0.2) is 5.78 Å². The van der Waals surface area contributed by atoms with Gasteiger partial charge in [0.05, 0.1) is 7.11 Å². The van der Waals surface area contributed by atoms with Gasteiger partial charge in [-0.3, -0.25) is 4.79 Å². The Balaban J connectivity index is 2.76. The maximum absolute atomic E-state index is 11.7. The van der Waals surface area contributed by atoms with E-state index in [1.165, 1.54) is 14.2 Å². The molecule has 0 fully saturated rings. The van der Waals surface area contributed by atoms with Crippen LogP contribution in [0.25, 0.3) is 0 Å². The van der Waals surface area contributed by atoms with Gasteiger partial charge in [0.25, 0.3) is 0 Å². The molecule has 0 atom stereocenters. The van der Waals surface area contributed by atoms with Crippen LogP contribution in [0.2, 0.25) is 0 Å². The van der Waals surface area contributed by atoms with E-state index < -0.39 is 6.29 Å². The first-order valence-electron chi connectivity index (χ1n) is 4.93. The average Bonchev–Trinajstić information content (AvgIpc) is 2.31. The van der Waals surface area contributed by atoms with Gasteiger partial charge < -0.3 is 14.2 Å². The van der Waals surface area contributed by atoms with E-state index in [9.17, 15) is 4.79 Å². The zero-order valence-electron chi connectivity index (χ0n) is 9.73. The van der Waals surface area contributed by atoms with Crippen LogP contribution in [0.15, 0.2) is 24.3 Å². The molecular formula is C12H16O4. The third kappa shape index (κ3) is 3.05. The van der Waals surface area contributed by atoms with Crippen molar-refractivity contribution in [2.45, 2.75) is 12.7 Å². The smallest absolute Gasteiger partial charge is 0.217 e. The number of hydrogen-bond acceptors (Lipinski definition) is 4. The molecule has 0 amide bonds. The first-order chi connectivity index (χ1) is 7.72.